The molecular formula is C23H22N2O4. The van der Waals surface area contributed by atoms with E-state index < -0.39 is 11.9 Å². The van der Waals surface area contributed by atoms with E-state index in [0.717, 1.165) is 36.8 Å². The lowest BCUT2D eigenvalue weighted by Crippen LogP contribution is -2.42. The van der Waals surface area contributed by atoms with E-state index in [0.29, 0.717) is 11.5 Å². The van der Waals surface area contributed by atoms with E-state index in [1.807, 2.05) is 60.7 Å². The fraction of sp³-hybridized carbons (Fsp3) is 0.261. The maximum atomic E-state index is 13.2. The molecule has 1 amide bonds. The summed E-state index contributed by atoms with van der Waals surface area (Å²) in [7, 11) is 0. The summed E-state index contributed by atoms with van der Waals surface area (Å²) < 4.78 is 5.94. The van der Waals surface area contributed by atoms with E-state index in [1.165, 1.54) is 4.90 Å². The molecule has 1 aliphatic rings. The first-order chi connectivity index (χ1) is 14.1. The molecule has 0 unspecified atom stereocenters. The summed E-state index contributed by atoms with van der Waals surface area (Å²) in [5.41, 5.74) is 2.21. The first-order valence-corrected chi connectivity index (χ1v) is 9.78. The molecule has 1 N–H and O–H groups in total. The molecule has 0 aliphatic heterocycles. The number of carbonyl (C=O) groups excluding carboxylic acids is 1. The molecule has 4 rings (SSSR count). The highest BCUT2D eigenvalue weighted by Gasteiger charge is 2.32. The molecule has 2 aromatic carbocycles. The van der Waals surface area contributed by atoms with Gasteiger partial charge in [-0.2, -0.15) is 0 Å². The summed E-state index contributed by atoms with van der Waals surface area (Å²) in [5, 5.41) is 9.31. The number of rotatable bonds is 6. The molecule has 1 aliphatic carbocycles. The zero-order chi connectivity index (χ0) is 20.2. The minimum Gasteiger partial charge on any atom is -0.480 e. The lowest BCUT2D eigenvalue weighted by molar-refractivity contribution is -0.138. The number of oxazole rings is 1. The molecule has 148 valence electrons. The lowest BCUT2D eigenvalue weighted by atomic mass is 10.1. The van der Waals surface area contributed by atoms with Crippen LogP contribution in [0.15, 0.2) is 65.1 Å². The van der Waals surface area contributed by atoms with Crippen molar-refractivity contribution < 1.29 is 19.1 Å². The Morgan fingerprint density at radius 3 is 2.14 bits per heavy atom. The van der Waals surface area contributed by atoms with Crippen LogP contribution in [-0.2, 0) is 4.79 Å². The average Bonchev–Trinajstić information content (AvgIpc) is 3.43. The number of benzene rings is 2. The lowest BCUT2D eigenvalue weighted by Gasteiger charge is -2.25. The first kappa shape index (κ1) is 18.9. The van der Waals surface area contributed by atoms with Gasteiger partial charge in [0.15, 0.2) is 5.76 Å². The van der Waals surface area contributed by atoms with Crippen LogP contribution >= 0.6 is 0 Å². The normalized spacial score (nSPS) is 14.1. The molecule has 0 spiro atoms. The second-order valence-corrected chi connectivity index (χ2v) is 7.19. The minimum atomic E-state index is -1.04. The molecule has 0 saturated heterocycles. The van der Waals surface area contributed by atoms with Crippen LogP contribution in [-0.4, -0.2) is 39.5 Å². The molecular weight excluding hydrogens is 368 g/mol. The summed E-state index contributed by atoms with van der Waals surface area (Å²) in [6.45, 7) is -0.354. The third-order valence-electron chi connectivity index (χ3n) is 5.23. The Bertz CT molecular complexity index is 935. The van der Waals surface area contributed by atoms with Crippen LogP contribution in [0.1, 0.15) is 36.4 Å². The number of hydrogen-bond donors (Lipinski definition) is 1. The van der Waals surface area contributed by atoms with Gasteiger partial charge in [-0.05, 0) is 12.8 Å². The fourth-order valence-electron chi connectivity index (χ4n) is 3.84. The van der Waals surface area contributed by atoms with E-state index >= 15 is 0 Å². The van der Waals surface area contributed by atoms with Crippen molar-refractivity contribution in [3.05, 3.63) is 66.6 Å². The molecule has 29 heavy (non-hydrogen) atoms. The van der Waals surface area contributed by atoms with E-state index in [4.69, 9.17) is 4.42 Å². The van der Waals surface area contributed by atoms with Crippen molar-refractivity contribution in [2.75, 3.05) is 6.54 Å². The Labute approximate surface area is 168 Å². The number of carboxylic acid groups (broad SMARTS) is 1. The number of hydrogen-bond acceptors (Lipinski definition) is 4. The summed E-state index contributed by atoms with van der Waals surface area (Å²) in [5.74, 6) is -1.08. The first-order valence-electron chi connectivity index (χ1n) is 9.78. The molecule has 1 heterocycles. The van der Waals surface area contributed by atoms with Gasteiger partial charge in [0.25, 0.3) is 5.89 Å². The van der Waals surface area contributed by atoms with Crippen molar-refractivity contribution in [3.63, 3.8) is 0 Å². The standard InChI is InChI=1S/C23H22N2O4/c26-19(27)15-25(18-13-7-8-14-18)23(28)22-24-20(16-9-3-1-4-10-16)21(29-22)17-11-5-2-6-12-17/h1-6,9-12,18H,7-8,13-15H2,(H,26,27). The maximum absolute atomic E-state index is 13.2. The molecule has 0 radical (unpaired) electrons. The SMILES string of the molecule is O=C(O)CN(C(=O)c1nc(-c2ccccc2)c(-c2ccccc2)o1)C1CCCC1. The maximum Gasteiger partial charge on any atom is 0.323 e. The van der Waals surface area contributed by atoms with Crippen LogP contribution in [0, 0.1) is 0 Å². The summed E-state index contributed by atoms with van der Waals surface area (Å²) in [6, 6.07) is 18.9. The topological polar surface area (TPSA) is 83.6 Å². The van der Waals surface area contributed by atoms with Crippen molar-refractivity contribution in [2.45, 2.75) is 31.7 Å². The zero-order valence-electron chi connectivity index (χ0n) is 16.0. The van der Waals surface area contributed by atoms with Crippen molar-refractivity contribution >= 4 is 11.9 Å². The smallest absolute Gasteiger partial charge is 0.323 e. The zero-order valence-corrected chi connectivity index (χ0v) is 16.0. The van der Waals surface area contributed by atoms with E-state index in [-0.39, 0.29) is 18.5 Å². The van der Waals surface area contributed by atoms with Crippen molar-refractivity contribution in [2.24, 2.45) is 0 Å². The summed E-state index contributed by atoms with van der Waals surface area (Å²) in [6.07, 6.45) is 3.59. The summed E-state index contributed by atoms with van der Waals surface area (Å²) in [4.78, 5) is 30.5. The Hall–Kier alpha value is -3.41. The van der Waals surface area contributed by atoms with E-state index in [9.17, 15) is 14.7 Å². The van der Waals surface area contributed by atoms with Crippen LogP contribution in [0.3, 0.4) is 0 Å². The third kappa shape index (κ3) is 4.06. The predicted molar refractivity (Wildman–Crippen MR) is 108 cm³/mol. The van der Waals surface area contributed by atoms with Gasteiger partial charge in [0.05, 0.1) is 0 Å². The van der Waals surface area contributed by atoms with Crippen LogP contribution in [0.25, 0.3) is 22.6 Å². The minimum absolute atomic E-state index is 0.0733. The Morgan fingerprint density at radius 2 is 1.55 bits per heavy atom. The van der Waals surface area contributed by atoms with E-state index in [2.05, 4.69) is 4.98 Å². The van der Waals surface area contributed by atoms with Gasteiger partial charge < -0.3 is 14.4 Å². The average molecular weight is 390 g/mol. The molecule has 0 bridgehead atoms. The van der Waals surface area contributed by atoms with Gasteiger partial charge in [0.1, 0.15) is 12.2 Å². The van der Waals surface area contributed by atoms with Crippen LogP contribution in [0.4, 0.5) is 0 Å². The van der Waals surface area contributed by atoms with Gasteiger partial charge in [-0.3, -0.25) is 9.59 Å². The van der Waals surface area contributed by atoms with Crippen LogP contribution in [0.5, 0.6) is 0 Å². The number of amides is 1. The number of aliphatic carboxylic acids is 1. The quantitative estimate of drug-likeness (QED) is 0.671. The molecule has 6 nitrogen and oxygen atoms in total. The van der Waals surface area contributed by atoms with Gasteiger partial charge >= 0.3 is 11.9 Å². The largest absolute Gasteiger partial charge is 0.480 e. The van der Waals surface area contributed by atoms with Crippen LogP contribution in [0.2, 0.25) is 0 Å². The Kier molecular flexibility index (Phi) is 5.42. The highest BCUT2D eigenvalue weighted by Crippen LogP contribution is 2.33. The van der Waals surface area contributed by atoms with Crippen molar-refractivity contribution in [1.82, 2.24) is 9.88 Å². The van der Waals surface area contributed by atoms with Gasteiger partial charge in [0.2, 0.25) is 0 Å². The predicted octanol–water partition coefficient (Wildman–Crippen LogP) is 4.48. The van der Waals surface area contributed by atoms with Gasteiger partial charge in [0, 0.05) is 17.2 Å². The van der Waals surface area contributed by atoms with Crippen LogP contribution < -0.4 is 0 Å². The number of nitrogens with zero attached hydrogens (tertiary/aromatic N) is 2. The molecule has 1 saturated carbocycles. The molecule has 1 fully saturated rings. The van der Waals surface area contributed by atoms with Gasteiger partial charge in [-0.1, -0.05) is 73.5 Å². The second-order valence-electron chi connectivity index (χ2n) is 7.19. The molecule has 1 aromatic heterocycles. The monoisotopic (exact) mass is 390 g/mol. The highest BCUT2D eigenvalue weighted by atomic mass is 16.4. The third-order valence-corrected chi connectivity index (χ3v) is 5.23. The highest BCUT2D eigenvalue weighted by molar-refractivity contribution is 5.94. The Morgan fingerprint density at radius 1 is 0.966 bits per heavy atom. The molecule has 3 aromatic rings. The van der Waals surface area contributed by atoms with Crippen molar-refractivity contribution in [3.8, 4) is 22.6 Å². The van der Waals surface area contributed by atoms with Gasteiger partial charge in [-0.15, -0.1) is 0 Å². The molecule has 6 heteroatoms. The fourth-order valence-corrected chi connectivity index (χ4v) is 3.84. The number of aromatic nitrogens is 1. The Balaban J connectivity index is 1.76. The van der Waals surface area contributed by atoms with Gasteiger partial charge in [-0.25, -0.2) is 4.98 Å². The van der Waals surface area contributed by atoms with Crippen molar-refractivity contribution in [1.29, 1.82) is 0 Å². The van der Waals surface area contributed by atoms with E-state index in [1.54, 1.807) is 0 Å². The number of carboxylic acids is 1. The summed E-state index contributed by atoms with van der Waals surface area (Å²) >= 11 is 0. The number of carbonyl (C=O) groups is 2. The molecule has 0 atom stereocenters. The second kappa shape index (κ2) is 8.31.